The Bertz CT molecular complexity index is 739. The molecule has 1 N–H and O–H groups in total. The van der Waals surface area contributed by atoms with Gasteiger partial charge in [-0.3, -0.25) is 9.98 Å². The molecular weight excluding hydrogens is 415 g/mol. The minimum absolute atomic E-state index is 0. The molecular formula is C21H23MnN2O5. The number of rotatable bonds is 8. The fourth-order valence-corrected chi connectivity index (χ4v) is 1.98. The summed E-state index contributed by atoms with van der Waals surface area (Å²) in [5, 5.41) is 42.1. The quantitative estimate of drug-likeness (QED) is 0.467. The van der Waals surface area contributed by atoms with Gasteiger partial charge in [-0.2, -0.15) is 0 Å². The number of hydrogen-bond acceptors (Lipinski definition) is 7. The smallest absolute Gasteiger partial charge is 0.872 e. The second kappa shape index (κ2) is 15.3. The van der Waals surface area contributed by atoms with Gasteiger partial charge in [0.25, 0.3) is 0 Å². The minimum Gasteiger partial charge on any atom is -0.872 e. The third-order valence-electron chi connectivity index (χ3n) is 3.39. The summed E-state index contributed by atoms with van der Waals surface area (Å²) >= 11 is 0. The van der Waals surface area contributed by atoms with Crippen LogP contribution < -0.4 is 15.3 Å². The summed E-state index contributed by atoms with van der Waals surface area (Å²) in [6.45, 7) is 2.09. The molecule has 0 fully saturated rings. The summed E-state index contributed by atoms with van der Waals surface area (Å²) in [5.74, 6) is -1.17. The Morgan fingerprint density at radius 3 is 1.69 bits per heavy atom. The molecule has 0 saturated carbocycles. The van der Waals surface area contributed by atoms with Gasteiger partial charge in [0.05, 0.1) is 19.2 Å². The van der Waals surface area contributed by atoms with Crippen LogP contribution in [0.1, 0.15) is 30.9 Å². The molecule has 0 atom stereocenters. The summed E-state index contributed by atoms with van der Waals surface area (Å²) in [4.78, 5) is 17.6. The molecule has 0 unspecified atom stereocenters. The molecule has 0 saturated heterocycles. The zero-order chi connectivity index (χ0) is 20.8. The standard InChI is InChI=1S/C17H18N2O3.C4H8O2.Mn/c20-15(11-18-9-13-5-1-3-7-16(13)21)12-19-10-14-6-2-4-8-17(14)22;1-2-3-4(5)6;/h1-10,15,20-22H,11-12H2;2-3H2,1H3,(H,5,6);/q;;+3/p-3. The predicted molar refractivity (Wildman–Crippen MR) is 103 cm³/mol. The minimum atomic E-state index is -0.961. The molecule has 0 spiro atoms. The van der Waals surface area contributed by atoms with Gasteiger partial charge < -0.3 is 25.2 Å². The largest absolute Gasteiger partial charge is 3.00 e. The molecule has 0 aliphatic carbocycles. The van der Waals surface area contributed by atoms with Crippen molar-refractivity contribution in [1.82, 2.24) is 0 Å². The van der Waals surface area contributed by atoms with Crippen molar-refractivity contribution in [3.63, 3.8) is 0 Å². The molecule has 0 radical (unpaired) electrons. The average molecular weight is 438 g/mol. The van der Waals surface area contributed by atoms with Gasteiger partial charge in [0.1, 0.15) is 0 Å². The number of hydrogen-bond donors (Lipinski definition) is 1. The number of carbonyl (C=O) groups excluding carboxylic acids is 1. The van der Waals surface area contributed by atoms with Crippen molar-refractivity contribution < 1.29 is 42.3 Å². The van der Waals surface area contributed by atoms with E-state index in [9.17, 15) is 25.2 Å². The molecule has 2 rings (SSSR count). The molecule has 0 aromatic heterocycles. The van der Waals surface area contributed by atoms with Crippen molar-refractivity contribution in [1.29, 1.82) is 0 Å². The van der Waals surface area contributed by atoms with Crippen LogP contribution in [0, 0.1) is 0 Å². The van der Waals surface area contributed by atoms with Crippen LogP contribution in [0.3, 0.4) is 0 Å². The number of para-hydroxylation sites is 2. The van der Waals surface area contributed by atoms with Gasteiger partial charge in [0, 0.05) is 18.4 Å². The van der Waals surface area contributed by atoms with E-state index < -0.39 is 12.1 Å². The van der Waals surface area contributed by atoms with Gasteiger partial charge in [0.2, 0.25) is 0 Å². The first kappa shape index (κ1) is 26.3. The maximum Gasteiger partial charge on any atom is 3.00 e. The van der Waals surface area contributed by atoms with E-state index in [2.05, 4.69) is 9.98 Å². The molecule has 0 amide bonds. The molecule has 8 heteroatoms. The Kier molecular flexibility index (Phi) is 13.9. The number of nitrogens with zero attached hydrogens (tertiary/aromatic N) is 2. The summed E-state index contributed by atoms with van der Waals surface area (Å²) in [5.41, 5.74) is 0.969. The topological polar surface area (TPSA) is 131 Å². The first-order chi connectivity index (χ1) is 13.4. The van der Waals surface area contributed by atoms with E-state index in [4.69, 9.17) is 0 Å². The molecule has 0 aliphatic heterocycles. The number of aliphatic hydroxyl groups is 1. The molecule has 7 nitrogen and oxygen atoms in total. The molecule has 0 heterocycles. The van der Waals surface area contributed by atoms with Crippen molar-refractivity contribution in [2.24, 2.45) is 9.98 Å². The molecule has 154 valence electrons. The van der Waals surface area contributed by atoms with Gasteiger partial charge in [-0.25, -0.2) is 0 Å². The van der Waals surface area contributed by atoms with E-state index in [1.54, 1.807) is 43.3 Å². The van der Waals surface area contributed by atoms with Gasteiger partial charge >= 0.3 is 17.1 Å². The molecule has 29 heavy (non-hydrogen) atoms. The maximum atomic E-state index is 11.4. The summed E-state index contributed by atoms with van der Waals surface area (Å²) in [6, 6.07) is 13.1. The van der Waals surface area contributed by atoms with Crippen molar-refractivity contribution in [2.45, 2.75) is 25.9 Å². The Morgan fingerprint density at radius 1 is 0.966 bits per heavy atom. The van der Waals surface area contributed by atoms with Crippen LogP contribution in [0.25, 0.3) is 0 Å². The number of carboxylic acids is 1. The third-order valence-corrected chi connectivity index (χ3v) is 3.39. The van der Waals surface area contributed by atoms with Crippen LogP contribution >= 0.6 is 0 Å². The summed E-state index contributed by atoms with van der Waals surface area (Å²) in [7, 11) is 0. The first-order valence-electron chi connectivity index (χ1n) is 8.83. The van der Waals surface area contributed by atoms with Crippen molar-refractivity contribution in [3.8, 4) is 11.5 Å². The fourth-order valence-electron chi connectivity index (χ4n) is 1.98. The zero-order valence-corrected chi connectivity index (χ0v) is 17.2. The van der Waals surface area contributed by atoms with E-state index in [1.807, 2.05) is 0 Å². The van der Waals surface area contributed by atoms with E-state index >= 15 is 0 Å². The SMILES string of the molecule is CCCC(=O)[O-].[Mn+3].[O-]c1ccccc1C=NCC(O)CN=Cc1ccccc1[O-]. The monoisotopic (exact) mass is 438 g/mol. The van der Waals surface area contributed by atoms with E-state index in [1.165, 1.54) is 24.6 Å². The molecule has 0 aliphatic rings. The van der Waals surface area contributed by atoms with Crippen molar-refractivity contribution >= 4 is 18.4 Å². The van der Waals surface area contributed by atoms with Gasteiger partial charge in [0.15, 0.2) is 0 Å². The Labute approximate surface area is 181 Å². The number of aliphatic imine (C=N–C) groups is 2. The Balaban J connectivity index is 0.000000981. The van der Waals surface area contributed by atoms with Crippen molar-refractivity contribution in [2.75, 3.05) is 13.1 Å². The number of aliphatic hydroxyl groups excluding tert-OH is 1. The molecule has 2 aromatic carbocycles. The van der Waals surface area contributed by atoms with Crippen molar-refractivity contribution in [3.05, 3.63) is 59.7 Å². The second-order valence-electron chi connectivity index (χ2n) is 5.84. The van der Waals surface area contributed by atoms with Gasteiger partial charge in [-0.05, 0) is 17.5 Å². The Hall–Kier alpha value is -2.67. The number of aliphatic carboxylic acids is 1. The maximum absolute atomic E-state index is 11.4. The normalized spacial score (nSPS) is 11.5. The van der Waals surface area contributed by atoms with Crippen LogP contribution in [-0.2, 0) is 21.9 Å². The van der Waals surface area contributed by atoms with E-state index in [0.29, 0.717) is 17.5 Å². The van der Waals surface area contributed by atoms with Crippen LogP contribution in [0.5, 0.6) is 11.5 Å². The van der Waals surface area contributed by atoms with Crippen LogP contribution in [0.2, 0.25) is 0 Å². The fraction of sp³-hybridized carbons (Fsp3) is 0.286. The summed E-state index contributed by atoms with van der Waals surface area (Å²) < 4.78 is 0. The first-order valence-corrected chi connectivity index (χ1v) is 8.83. The van der Waals surface area contributed by atoms with Crippen LogP contribution in [0.15, 0.2) is 58.5 Å². The van der Waals surface area contributed by atoms with Gasteiger partial charge in [-0.15, -0.1) is 11.5 Å². The molecule has 2 aromatic rings. The zero-order valence-electron chi connectivity index (χ0n) is 16.0. The Morgan fingerprint density at radius 2 is 1.38 bits per heavy atom. The summed E-state index contributed by atoms with van der Waals surface area (Å²) in [6.07, 6.45) is 2.98. The molecule has 0 bridgehead atoms. The van der Waals surface area contributed by atoms with Gasteiger partial charge in [-0.1, -0.05) is 61.9 Å². The predicted octanol–water partition coefficient (Wildman–Crippen LogP) is 0.267. The number of carboxylic acid groups (broad SMARTS) is 1. The second-order valence-corrected chi connectivity index (χ2v) is 5.84. The van der Waals surface area contributed by atoms with E-state index in [0.717, 1.165) is 0 Å². The van der Waals surface area contributed by atoms with Crippen LogP contribution in [-0.4, -0.2) is 42.7 Å². The van der Waals surface area contributed by atoms with Crippen LogP contribution in [0.4, 0.5) is 0 Å². The number of carbonyl (C=O) groups is 1. The third kappa shape index (κ3) is 11.7. The van der Waals surface area contributed by atoms with E-state index in [-0.39, 0.29) is 48.1 Å². The number of benzene rings is 2. The average Bonchev–Trinajstić information content (AvgIpc) is 2.65.